The van der Waals surface area contributed by atoms with E-state index in [2.05, 4.69) is 52.9 Å². The molecule has 6 heteroatoms. The lowest BCUT2D eigenvalue weighted by molar-refractivity contribution is -0.0339. The van der Waals surface area contributed by atoms with Crippen molar-refractivity contribution >= 4 is 11.3 Å². The quantitative estimate of drug-likeness (QED) is 0.845. The summed E-state index contributed by atoms with van der Waals surface area (Å²) in [5.41, 5.74) is 1.24. The number of hydrogen-bond donors (Lipinski definition) is 1. The van der Waals surface area contributed by atoms with Gasteiger partial charge < -0.3 is 10.1 Å². The van der Waals surface area contributed by atoms with Crippen LogP contribution in [0.25, 0.3) is 0 Å². The van der Waals surface area contributed by atoms with Crippen LogP contribution in [0.5, 0.6) is 0 Å². The van der Waals surface area contributed by atoms with Gasteiger partial charge in [0, 0.05) is 49.4 Å². The molecule has 126 valence electrons. The molecule has 1 fully saturated rings. The first-order valence-corrected chi connectivity index (χ1v) is 9.25. The van der Waals surface area contributed by atoms with Gasteiger partial charge >= 0.3 is 0 Å². The second-order valence-corrected chi connectivity index (χ2v) is 7.02. The first-order valence-electron chi connectivity index (χ1n) is 8.37. The number of ether oxygens (including phenoxy) is 1. The van der Waals surface area contributed by atoms with Crippen LogP contribution in [0.2, 0.25) is 0 Å². The summed E-state index contributed by atoms with van der Waals surface area (Å²) in [7, 11) is 0. The van der Waals surface area contributed by atoms with Crippen LogP contribution >= 0.6 is 11.3 Å². The molecule has 0 amide bonds. The van der Waals surface area contributed by atoms with E-state index >= 15 is 0 Å². The molecular formula is C17H26N4OS. The van der Waals surface area contributed by atoms with Crippen LogP contribution in [0.3, 0.4) is 0 Å². The molecule has 0 spiro atoms. The van der Waals surface area contributed by atoms with Crippen molar-refractivity contribution in [3.05, 3.63) is 40.3 Å². The van der Waals surface area contributed by atoms with Crippen molar-refractivity contribution in [2.24, 2.45) is 0 Å². The third kappa shape index (κ3) is 4.41. The largest absolute Gasteiger partial charge is 0.376 e. The van der Waals surface area contributed by atoms with Gasteiger partial charge in [-0.3, -0.25) is 9.58 Å². The highest BCUT2D eigenvalue weighted by Gasteiger charge is 2.25. The number of aryl methyl sites for hydroxylation is 1. The molecule has 3 heterocycles. The van der Waals surface area contributed by atoms with Gasteiger partial charge in [0.15, 0.2) is 0 Å². The van der Waals surface area contributed by atoms with Crippen molar-refractivity contribution in [3.63, 3.8) is 0 Å². The van der Waals surface area contributed by atoms with Gasteiger partial charge in [-0.05, 0) is 25.3 Å². The van der Waals surface area contributed by atoms with Gasteiger partial charge in [-0.1, -0.05) is 6.07 Å². The van der Waals surface area contributed by atoms with Crippen molar-refractivity contribution in [1.29, 1.82) is 0 Å². The molecule has 2 atom stereocenters. The van der Waals surface area contributed by atoms with E-state index in [4.69, 9.17) is 4.74 Å². The topological polar surface area (TPSA) is 42.3 Å². The molecule has 1 aliphatic rings. The predicted octanol–water partition coefficient (Wildman–Crippen LogP) is 2.52. The number of aromatic nitrogens is 2. The molecule has 1 aliphatic heterocycles. The minimum absolute atomic E-state index is 0.314. The fourth-order valence-corrected chi connectivity index (χ4v) is 3.90. The number of hydrogen-bond acceptors (Lipinski definition) is 5. The average molecular weight is 334 g/mol. The number of nitrogens with zero attached hydrogens (tertiary/aromatic N) is 3. The summed E-state index contributed by atoms with van der Waals surface area (Å²) in [6.45, 7) is 9.82. The van der Waals surface area contributed by atoms with E-state index in [0.29, 0.717) is 12.1 Å². The maximum Gasteiger partial charge on any atom is 0.0674 e. The molecule has 3 rings (SSSR count). The Bertz CT molecular complexity index is 583. The van der Waals surface area contributed by atoms with Gasteiger partial charge in [0.1, 0.15) is 0 Å². The Labute approximate surface area is 142 Å². The maximum absolute atomic E-state index is 5.69. The second kappa shape index (κ2) is 8.06. The summed E-state index contributed by atoms with van der Waals surface area (Å²) in [6.07, 6.45) is 4.38. The lowest BCUT2D eigenvalue weighted by atomic mass is 10.1. The van der Waals surface area contributed by atoms with Crippen molar-refractivity contribution < 1.29 is 4.74 Å². The Balaban J connectivity index is 1.60. The van der Waals surface area contributed by atoms with E-state index < -0.39 is 0 Å². The van der Waals surface area contributed by atoms with Crippen LogP contribution in [0.4, 0.5) is 0 Å². The molecule has 0 saturated carbocycles. The van der Waals surface area contributed by atoms with Crippen LogP contribution < -0.4 is 5.32 Å². The standard InChI is InChI=1S/C17H26N4OS/c1-3-21-13-15(10-19-21)9-18-11-16(17-5-4-8-23-17)20-6-7-22-14(2)12-20/h4-5,8,10,13-14,16,18H,3,6-7,9,11-12H2,1-2H3/t14-,16+/m1/s1. The first kappa shape index (κ1) is 16.6. The molecule has 0 radical (unpaired) electrons. The van der Waals surface area contributed by atoms with Crippen LogP contribution in [-0.4, -0.2) is 47.0 Å². The van der Waals surface area contributed by atoms with E-state index in [1.165, 1.54) is 10.4 Å². The van der Waals surface area contributed by atoms with Crippen molar-refractivity contribution in [2.45, 2.75) is 39.1 Å². The Morgan fingerprint density at radius 1 is 1.52 bits per heavy atom. The van der Waals surface area contributed by atoms with Crippen LogP contribution in [0, 0.1) is 0 Å². The molecule has 1 N–H and O–H groups in total. The molecule has 1 saturated heterocycles. The second-order valence-electron chi connectivity index (χ2n) is 6.04. The molecule has 23 heavy (non-hydrogen) atoms. The summed E-state index contributed by atoms with van der Waals surface area (Å²) in [5.74, 6) is 0. The Hall–Kier alpha value is -1.21. The summed E-state index contributed by atoms with van der Waals surface area (Å²) in [6, 6.07) is 4.80. The maximum atomic E-state index is 5.69. The van der Waals surface area contributed by atoms with Gasteiger partial charge in [0.2, 0.25) is 0 Å². The van der Waals surface area contributed by atoms with Crippen molar-refractivity contribution in [1.82, 2.24) is 20.0 Å². The molecule has 0 aliphatic carbocycles. The number of rotatable bonds is 7. The summed E-state index contributed by atoms with van der Waals surface area (Å²) in [4.78, 5) is 3.97. The highest BCUT2D eigenvalue weighted by atomic mass is 32.1. The van der Waals surface area contributed by atoms with E-state index in [0.717, 1.165) is 39.3 Å². The van der Waals surface area contributed by atoms with Crippen molar-refractivity contribution in [2.75, 3.05) is 26.2 Å². The minimum atomic E-state index is 0.314. The summed E-state index contributed by atoms with van der Waals surface area (Å²) >= 11 is 1.84. The molecule has 2 aromatic rings. The van der Waals surface area contributed by atoms with E-state index in [-0.39, 0.29) is 0 Å². The third-order valence-corrected chi connectivity index (χ3v) is 5.24. The third-order valence-electron chi connectivity index (χ3n) is 4.26. The fraction of sp³-hybridized carbons (Fsp3) is 0.588. The highest BCUT2D eigenvalue weighted by molar-refractivity contribution is 7.10. The van der Waals surface area contributed by atoms with Crippen LogP contribution in [0.1, 0.15) is 30.3 Å². The number of morpholine rings is 1. The smallest absolute Gasteiger partial charge is 0.0674 e. The summed E-state index contributed by atoms with van der Waals surface area (Å²) in [5, 5.41) is 10.1. The SMILES string of the molecule is CCn1cc(CNC[C@@H](c2cccs2)N2CCO[C@H](C)C2)cn1. The van der Waals surface area contributed by atoms with E-state index in [1.807, 2.05) is 22.2 Å². The van der Waals surface area contributed by atoms with E-state index in [1.54, 1.807) is 0 Å². The van der Waals surface area contributed by atoms with Gasteiger partial charge in [0.25, 0.3) is 0 Å². The van der Waals surface area contributed by atoms with Gasteiger partial charge in [-0.25, -0.2) is 0 Å². The normalized spacial score (nSPS) is 20.7. The molecule has 0 unspecified atom stereocenters. The molecule has 0 aromatic carbocycles. The zero-order valence-electron chi connectivity index (χ0n) is 13.9. The lowest BCUT2D eigenvalue weighted by Crippen LogP contribution is -2.45. The fourth-order valence-electron chi connectivity index (χ4n) is 3.04. The van der Waals surface area contributed by atoms with Gasteiger partial charge in [-0.15, -0.1) is 11.3 Å². The zero-order chi connectivity index (χ0) is 16.1. The van der Waals surface area contributed by atoms with Crippen LogP contribution in [0.15, 0.2) is 29.9 Å². The monoisotopic (exact) mass is 334 g/mol. The molecular weight excluding hydrogens is 308 g/mol. The molecule has 5 nitrogen and oxygen atoms in total. The highest BCUT2D eigenvalue weighted by Crippen LogP contribution is 2.26. The number of thiophene rings is 1. The predicted molar refractivity (Wildman–Crippen MR) is 93.7 cm³/mol. The van der Waals surface area contributed by atoms with Crippen molar-refractivity contribution in [3.8, 4) is 0 Å². The van der Waals surface area contributed by atoms with Gasteiger partial charge in [0.05, 0.1) is 24.9 Å². The lowest BCUT2D eigenvalue weighted by Gasteiger charge is -2.37. The summed E-state index contributed by atoms with van der Waals surface area (Å²) < 4.78 is 7.66. The van der Waals surface area contributed by atoms with E-state index in [9.17, 15) is 0 Å². The average Bonchev–Trinajstić information content (AvgIpc) is 3.23. The Morgan fingerprint density at radius 2 is 2.43 bits per heavy atom. The zero-order valence-corrected chi connectivity index (χ0v) is 14.8. The Morgan fingerprint density at radius 3 is 3.13 bits per heavy atom. The Kier molecular flexibility index (Phi) is 5.83. The molecule has 2 aromatic heterocycles. The molecule has 0 bridgehead atoms. The van der Waals surface area contributed by atoms with Crippen LogP contribution in [-0.2, 0) is 17.8 Å². The first-order chi connectivity index (χ1) is 11.3. The van der Waals surface area contributed by atoms with Gasteiger partial charge in [-0.2, -0.15) is 5.10 Å². The number of nitrogens with one attached hydrogen (secondary N) is 1. The minimum Gasteiger partial charge on any atom is -0.376 e.